The molecule has 31 heavy (non-hydrogen) atoms. The number of hydrogen-bond acceptors (Lipinski definition) is 6. The third-order valence-corrected chi connectivity index (χ3v) is 5.67. The number of para-hydroxylation sites is 1. The van der Waals surface area contributed by atoms with Crippen molar-refractivity contribution in [2.24, 2.45) is 0 Å². The topological polar surface area (TPSA) is 69.4 Å². The van der Waals surface area contributed by atoms with Crippen LogP contribution >= 0.6 is 11.8 Å². The van der Waals surface area contributed by atoms with Gasteiger partial charge in [-0.15, -0.1) is 5.10 Å². The molecule has 7 heteroatoms. The Bertz CT molecular complexity index is 1270. The first-order chi connectivity index (χ1) is 15.4. The molecule has 2 aromatic heterocycles. The molecule has 0 unspecified atom stereocenters. The van der Waals surface area contributed by atoms with E-state index in [4.69, 9.17) is 4.98 Å². The van der Waals surface area contributed by atoms with Crippen LogP contribution in [0.3, 0.4) is 0 Å². The van der Waals surface area contributed by atoms with Gasteiger partial charge in [0.25, 0.3) is 0 Å². The van der Waals surface area contributed by atoms with Gasteiger partial charge in [0.2, 0.25) is 0 Å². The molecule has 0 saturated heterocycles. The summed E-state index contributed by atoms with van der Waals surface area (Å²) in [5.41, 5.74) is 4.69. The molecule has 0 atom stereocenters. The van der Waals surface area contributed by atoms with Gasteiger partial charge in [-0.2, -0.15) is 4.68 Å². The lowest BCUT2D eigenvalue weighted by atomic mass is 10.1. The van der Waals surface area contributed by atoms with Gasteiger partial charge in [-0.3, -0.25) is 0 Å². The first-order valence-corrected chi connectivity index (χ1v) is 10.8. The maximum Gasteiger partial charge on any atom is 0.190 e. The molecule has 0 radical (unpaired) electrons. The molecular weight excluding hydrogens is 404 g/mol. The van der Waals surface area contributed by atoms with Crippen LogP contribution in [-0.2, 0) is 5.75 Å². The second-order valence-electron chi connectivity index (χ2n) is 6.81. The third-order valence-electron chi connectivity index (χ3n) is 4.74. The van der Waals surface area contributed by atoms with Crippen LogP contribution in [0.4, 0.5) is 0 Å². The summed E-state index contributed by atoms with van der Waals surface area (Å²) in [6.45, 7) is 0. The Balaban J connectivity index is 1.56. The maximum absolute atomic E-state index is 4.89. The van der Waals surface area contributed by atoms with Gasteiger partial charge in [0.05, 0.1) is 16.9 Å². The molecule has 0 fully saturated rings. The Morgan fingerprint density at radius 3 is 2.19 bits per heavy atom. The average molecular weight is 423 g/mol. The average Bonchev–Trinajstić information content (AvgIpc) is 3.34. The highest BCUT2D eigenvalue weighted by molar-refractivity contribution is 7.98. The van der Waals surface area contributed by atoms with Gasteiger partial charge in [-0.1, -0.05) is 90.6 Å². The molecular formula is C24H18N6S. The summed E-state index contributed by atoms with van der Waals surface area (Å²) < 4.78 is 1.71. The molecule has 150 valence electrons. The normalized spacial score (nSPS) is 10.8. The van der Waals surface area contributed by atoms with Crippen LogP contribution in [0, 0.1) is 0 Å². The molecule has 5 rings (SSSR count). The summed E-state index contributed by atoms with van der Waals surface area (Å²) in [5, 5.41) is 13.1. The molecule has 5 aromatic rings. The largest absolute Gasteiger partial charge is 0.230 e. The smallest absolute Gasteiger partial charge is 0.190 e. The van der Waals surface area contributed by atoms with Crippen molar-refractivity contribution in [3.63, 3.8) is 0 Å². The molecule has 0 bridgehead atoms. The maximum atomic E-state index is 4.89. The lowest BCUT2D eigenvalue weighted by molar-refractivity contribution is 0.791. The number of aromatic nitrogens is 6. The number of hydrogen-bond donors (Lipinski definition) is 0. The molecule has 0 aliphatic rings. The van der Waals surface area contributed by atoms with Gasteiger partial charge in [-0.25, -0.2) is 9.97 Å². The van der Waals surface area contributed by atoms with Crippen molar-refractivity contribution in [1.29, 1.82) is 0 Å². The predicted molar refractivity (Wildman–Crippen MR) is 122 cm³/mol. The van der Waals surface area contributed by atoms with Crippen molar-refractivity contribution in [3.8, 4) is 28.3 Å². The summed E-state index contributed by atoms with van der Waals surface area (Å²) in [6, 6.07) is 30.2. The van der Waals surface area contributed by atoms with Crippen molar-refractivity contribution in [2.75, 3.05) is 0 Å². The fraction of sp³-hybridized carbons (Fsp3) is 0.0417. The van der Waals surface area contributed by atoms with Crippen LogP contribution in [0.2, 0.25) is 0 Å². The van der Waals surface area contributed by atoms with E-state index in [1.807, 2.05) is 85.1 Å². The van der Waals surface area contributed by atoms with E-state index in [1.54, 1.807) is 16.4 Å². The van der Waals surface area contributed by atoms with Crippen molar-refractivity contribution in [2.45, 2.75) is 10.9 Å². The Kier molecular flexibility index (Phi) is 5.49. The first kappa shape index (κ1) is 19.1. The quantitative estimate of drug-likeness (QED) is 0.281. The highest BCUT2D eigenvalue weighted by Crippen LogP contribution is 2.31. The zero-order chi connectivity index (χ0) is 20.9. The molecule has 0 aliphatic heterocycles. The van der Waals surface area contributed by atoms with Gasteiger partial charge in [0.15, 0.2) is 11.0 Å². The molecule has 0 saturated carbocycles. The van der Waals surface area contributed by atoms with Gasteiger partial charge in [0, 0.05) is 17.5 Å². The van der Waals surface area contributed by atoms with Crippen LogP contribution in [0.5, 0.6) is 0 Å². The van der Waals surface area contributed by atoms with E-state index in [0.717, 1.165) is 28.3 Å². The van der Waals surface area contributed by atoms with E-state index < -0.39 is 0 Å². The molecule has 3 aromatic carbocycles. The summed E-state index contributed by atoms with van der Waals surface area (Å²) in [4.78, 5) is 9.51. The Morgan fingerprint density at radius 2 is 1.45 bits per heavy atom. The lowest BCUT2D eigenvalue weighted by Crippen LogP contribution is -2.03. The predicted octanol–water partition coefficient (Wildman–Crippen LogP) is 5.08. The molecule has 0 N–H and O–H groups in total. The third kappa shape index (κ3) is 4.22. The van der Waals surface area contributed by atoms with E-state index in [1.165, 1.54) is 5.56 Å². The Labute approximate surface area is 184 Å². The monoisotopic (exact) mass is 422 g/mol. The van der Waals surface area contributed by atoms with E-state index in [0.29, 0.717) is 11.0 Å². The minimum Gasteiger partial charge on any atom is -0.230 e. The molecule has 0 spiro atoms. The second-order valence-corrected chi connectivity index (χ2v) is 7.75. The van der Waals surface area contributed by atoms with E-state index in [9.17, 15) is 0 Å². The molecule has 2 heterocycles. The zero-order valence-corrected chi connectivity index (χ0v) is 17.4. The number of tetrazole rings is 1. The zero-order valence-electron chi connectivity index (χ0n) is 16.5. The van der Waals surface area contributed by atoms with Crippen molar-refractivity contribution >= 4 is 11.8 Å². The fourth-order valence-electron chi connectivity index (χ4n) is 3.24. The summed E-state index contributed by atoms with van der Waals surface area (Å²) in [7, 11) is 0. The Morgan fingerprint density at radius 1 is 0.774 bits per heavy atom. The van der Waals surface area contributed by atoms with Crippen LogP contribution in [-0.4, -0.2) is 30.2 Å². The number of thioether (sulfide) groups is 1. The lowest BCUT2D eigenvalue weighted by Gasteiger charge is -2.11. The number of nitrogens with zero attached hydrogens (tertiary/aromatic N) is 6. The van der Waals surface area contributed by atoms with Crippen molar-refractivity contribution in [3.05, 3.63) is 103 Å². The van der Waals surface area contributed by atoms with E-state index in [-0.39, 0.29) is 0 Å². The standard InChI is InChI=1S/C24H18N6S/c1-4-10-18(11-5-1)17-31-24-25-16-21(22(26-24)19-12-6-2-7-13-19)23-27-28-29-30(23)20-14-8-3-9-15-20/h1-16H,17H2. The number of rotatable bonds is 6. The second kappa shape index (κ2) is 8.89. The van der Waals surface area contributed by atoms with E-state index >= 15 is 0 Å². The first-order valence-electron chi connectivity index (χ1n) is 9.82. The van der Waals surface area contributed by atoms with Gasteiger partial charge in [0.1, 0.15) is 0 Å². The van der Waals surface area contributed by atoms with Crippen LogP contribution in [0.15, 0.2) is 102 Å². The van der Waals surface area contributed by atoms with Crippen molar-refractivity contribution in [1.82, 2.24) is 30.2 Å². The minimum absolute atomic E-state index is 0.602. The SMILES string of the molecule is c1ccc(CSc2ncc(-c3nnnn3-c3ccccc3)c(-c3ccccc3)n2)cc1. The fourth-order valence-corrected chi connectivity index (χ4v) is 4.01. The van der Waals surface area contributed by atoms with Crippen molar-refractivity contribution < 1.29 is 0 Å². The van der Waals surface area contributed by atoms with Crippen LogP contribution in [0.25, 0.3) is 28.3 Å². The summed E-state index contributed by atoms with van der Waals surface area (Å²) >= 11 is 1.61. The molecule has 0 aliphatic carbocycles. The van der Waals surface area contributed by atoms with Gasteiger partial charge >= 0.3 is 0 Å². The van der Waals surface area contributed by atoms with Crippen LogP contribution < -0.4 is 0 Å². The summed E-state index contributed by atoms with van der Waals surface area (Å²) in [6.07, 6.45) is 1.81. The van der Waals surface area contributed by atoms with Gasteiger partial charge < -0.3 is 0 Å². The van der Waals surface area contributed by atoms with Gasteiger partial charge in [-0.05, 0) is 28.1 Å². The highest BCUT2D eigenvalue weighted by Gasteiger charge is 2.18. The molecule has 0 amide bonds. The van der Waals surface area contributed by atoms with E-state index in [2.05, 4.69) is 32.6 Å². The Hall–Kier alpha value is -3.84. The molecule has 6 nitrogen and oxygen atoms in total. The van der Waals surface area contributed by atoms with Crippen LogP contribution in [0.1, 0.15) is 5.56 Å². The highest BCUT2D eigenvalue weighted by atomic mass is 32.2. The minimum atomic E-state index is 0.602. The number of benzene rings is 3. The summed E-state index contributed by atoms with van der Waals surface area (Å²) in [5.74, 6) is 1.40.